The summed E-state index contributed by atoms with van der Waals surface area (Å²) in [6.45, 7) is 1.68. The van der Waals surface area contributed by atoms with Gasteiger partial charge < -0.3 is 15.4 Å². The highest BCUT2D eigenvalue weighted by Gasteiger charge is 2.14. The zero-order chi connectivity index (χ0) is 18.2. The van der Waals surface area contributed by atoms with E-state index in [9.17, 15) is 14.4 Å². The van der Waals surface area contributed by atoms with Gasteiger partial charge in [0.25, 0.3) is 5.91 Å². The number of ether oxygens (including phenoxy) is 1. The average Bonchev–Trinajstić information content (AvgIpc) is 2.60. The molecule has 0 unspecified atom stereocenters. The molecular weight excluding hydrogens is 344 g/mol. The van der Waals surface area contributed by atoms with Gasteiger partial charge in [-0.2, -0.15) is 0 Å². The Morgan fingerprint density at radius 3 is 2.56 bits per heavy atom. The highest BCUT2D eigenvalue weighted by molar-refractivity contribution is 6.31. The Bertz CT molecular complexity index is 792. The number of hydrogen-bond acceptors (Lipinski definition) is 4. The summed E-state index contributed by atoms with van der Waals surface area (Å²) in [5, 5.41) is 5.51. The number of esters is 1. The molecule has 130 valence electrons. The van der Waals surface area contributed by atoms with Crippen molar-refractivity contribution in [3.8, 4) is 0 Å². The Morgan fingerprint density at radius 2 is 1.84 bits per heavy atom. The van der Waals surface area contributed by atoms with Gasteiger partial charge in [0.1, 0.15) is 0 Å². The minimum atomic E-state index is -0.527. The van der Waals surface area contributed by atoms with Crippen LogP contribution in [0, 0.1) is 0 Å². The van der Waals surface area contributed by atoms with Crippen molar-refractivity contribution in [1.82, 2.24) is 5.32 Å². The second-order valence-corrected chi connectivity index (χ2v) is 5.44. The minimum Gasteiger partial charge on any atom is -0.462 e. The highest BCUT2D eigenvalue weighted by Crippen LogP contribution is 2.16. The van der Waals surface area contributed by atoms with E-state index in [1.165, 1.54) is 6.07 Å². The molecule has 0 aliphatic carbocycles. The smallest absolute Gasteiger partial charge is 0.340 e. The van der Waals surface area contributed by atoms with Crippen LogP contribution in [0.4, 0.5) is 5.69 Å². The largest absolute Gasteiger partial charge is 0.462 e. The molecule has 2 aromatic carbocycles. The molecule has 0 atom stereocenters. The summed E-state index contributed by atoms with van der Waals surface area (Å²) in [6, 6.07) is 12.9. The maximum Gasteiger partial charge on any atom is 0.340 e. The summed E-state index contributed by atoms with van der Waals surface area (Å²) >= 11 is 5.83. The number of benzene rings is 2. The Balaban J connectivity index is 1.97. The summed E-state index contributed by atoms with van der Waals surface area (Å²) in [5.74, 6) is -1.41. The zero-order valence-electron chi connectivity index (χ0n) is 13.5. The minimum absolute atomic E-state index is 0.233. The van der Waals surface area contributed by atoms with E-state index < -0.39 is 17.8 Å². The van der Waals surface area contributed by atoms with Gasteiger partial charge in [-0.15, -0.1) is 0 Å². The van der Waals surface area contributed by atoms with Crippen LogP contribution in [0.25, 0.3) is 0 Å². The predicted octanol–water partition coefficient (Wildman–Crippen LogP) is 2.89. The standard InChI is InChI=1S/C18H17ClN2O4/c1-2-25-18(24)14-8-3-4-9-15(14)21-16(22)11-20-17(23)12-6-5-7-13(19)10-12/h3-10H,2,11H2,1H3,(H,20,23)(H,21,22). The van der Waals surface area contributed by atoms with Crippen LogP contribution in [0.5, 0.6) is 0 Å². The van der Waals surface area contributed by atoms with Crippen LogP contribution in [0.1, 0.15) is 27.6 Å². The van der Waals surface area contributed by atoms with E-state index in [0.717, 1.165) is 0 Å². The van der Waals surface area contributed by atoms with E-state index in [1.54, 1.807) is 49.4 Å². The normalized spacial score (nSPS) is 10.0. The Morgan fingerprint density at radius 1 is 1.08 bits per heavy atom. The number of carbonyl (C=O) groups excluding carboxylic acids is 3. The third kappa shape index (κ3) is 5.32. The zero-order valence-corrected chi connectivity index (χ0v) is 14.3. The van der Waals surface area contributed by atoms with Gasteiger partial charge in [0.05, 0.1) is 24.4 Å². The molecule has 0 aliphatic rings. The Hall–Kier alpha value is -2.86. The summed E-state index contributed by atoms with van der Waals surface area (Å²) in [4.78, 5) is 35.9. The lowest BCUT2D eigenvalue weighted by Gasteiger charge is -2.11. The van der Waals surface area contributed by atoms with Gasteiger partial charge in [-0.3, -0.25) is 9.59 Å². The van der Waals surface area contributed by atoms with Crippen molar-refractivity contribution in [1.29, 1.82) is 0 Å². The summed E-state index contributed by atoms with van der Waals surface area (Å²) in [7, 11) is 0. The van der Waals surface area contributed by atoms with Gasteiger partial charge >= 0.3 is 5.97 Å². The first-order valence-electron chi connectivity index (χ1n) is 7.61. The molecule has 2 amide bonds. The van der Waals surface area contributed by atoms with Crippen LogP contribution in [0.3, 0.4) is 0 Å². The van der Waals surface area contributed by atoms with E-state index in [2.05, 4.69) is 10.6 Å². The van der Waals surface area contributed by atoms with Crippen LogP contribution in [0.2, 0.25) is 5.02 Å². The van der Waals surface area contributed by atoms with E-state index in [-0.39, 0.29) is 18.7 Å². The topological polar surface area (TPSA) is 84.5 Å². The molecule has 0 saturated heterocycles. The van der Waals surface area contributed by atoms with Gasteiger partial charge in [0.2, 0.25) is 5.91 Å². The number of carbonyl (C=O) groups is 3. The average molecular weight is 361 g/mol. The third-order valence-electron chi connectivity index (χ3n) is 3.19. The number of anilines is 1. The number of para-hydroxylation sites is 1. The van der Waals surface area contributed by atoms with E-state index in [4.69, 9.17) is 16.3 Å². The fraction of sp³-hybridized carbons (Fsp3) is 0.167. The molecule has 2 rings (SSSR count). The molecular formula is C18H17ClN2O4. The first-order valence-corrected chi connectivity index (χ1v) is 7.99. The quantitative estimate of drug-likeness (QED) is 0.776. The SMILES string of the molecule is CCOC(=O)c1ccccc1NC(=O)CNC(=O)c1cccc(Cl)c1. The van der Waals surface area contributed by atoms with Gasteiger partial charge in [0.15, 0.2) is 0 Å². The number of amides is 2. The van der Waals surface area contributed by atoms with Gasteiger partial charge in [0, 0.05) is 10.6 Å². The highest BCUT2D eigenvalue weighted by atomic mass is 35.5. The molecule has 0 fully saturated rings. The number of nitrogens with one attached hydrogen (secondary N) is 2. The maximum atomic E-state index is 12.0. The molecule has 0 aromatic heterocycles. The lowest BCUT2D eigenvalue weighted by Crippen LogP contribution is -2.33. The first kappa shape index (κ1) is 18.5. The van der Waals surface area contributed by atoms with Crippen molar-refractivity contribution in [2.24, 2.45) is 0 Å². The maximum absolute atomic E-state index is 12.0. The molecule has 2 aromatic rings. The molecule has 0 aliphatic heterocycles. The fourth-order valence-corrected chi connectivity index (χ4v) is 2.26. The monoisotopic (exact) mass is 360 g/mol. The lowest BCUT2D eigenvalue weighted by atomic mass is 10.2. The molecule has 6 nitrogen and oxygen atoms in total. The van der Waals surface area contributed by atoms with Crippen molar-refractivity contribution in [2.75, 3.05) is 18.5 Å². The van der Waals surface area contributed by atoms with E-state index in [0.29, 0.717) is 16.3 Å². The number of hydrogen-bond donors (Lipinski definition) is 2. The molecule has 0 bridgehead atoms. The van der Waals surface area contributed by atoms with Crippen molar-refractivity contribution in [3.05, 3.63) is 64.7 Å². The fourth-order valence-electron chi connectivity index (χ4n) is 2.07. The molecule has 25 heavy (non-hydrogen) atoms. The molecule has 0 radical (unpaired) electrons. The summed E-state index contributed by atoms with van der Waals surface area (Å²) < 4.78 is 4.94. The third-order valence-corrected chi connectivity index (χ3v) is 3.43. The van der Waals surface area contributed by atoms with E-state index >= 15 is 0 Å². The van der Waals surface area contributed by atoms with Gasteiger partial charge in [-0.05, 0) is 37.3 Å². The summed E-state index contributed by atoms with van der Waals surface area (Å²) in [6.07, 6.45) is 0. The Labute approximate surface area is 150 Å². The Kier molecular flexibility index (Phi) is 6.54. The lowest BCUT2D eigenvalue weighted by molar-refractivity contribution is -0.115. The predicted molar refractivity (Wildman–Crippen MR) is 94.8 cm³/mol. The molecule has 7 heteroatoms. The van der Waals surface area contributed by atoms with Crippen molar-refractivity contribution < 1.29 is 19.1 Å². The molecule has 0 spiro atoms. The van der Waals surface area contributed by atoms with Crippen LogP contribution in [0.15, 0.2) is 48.5 Å². The second-order valence-electron chi connectivity index (χ2n) is 5.01. The van der Waals surface area contributed by atoms with Crippen LogP contribution in [-0.2, 0) is 9.53 Å². The van der Waals surface area contributed by atoms with Crippen LogP contribution in [-0.4, -0.2) is 30.9 Å². The molecule has 0 saturated carbocycles. The van der Waals surface area contributed by atoms with Crippen LogP contribution < -0.4 is 10.6 Å². The van der Waals surface area contributed by atoms with Gasteiger partial charge in [-0.1, -0.05) is 29.8 Å². The van der Waals surface area contributed by atoms with Crippen molar-refractivity contribution in [3.63, 3.8) is 0 Å². The molecule has 0 heterocycles. The van der Waals surface area contributed by atoms with Crippen molar-refractivity contribution >= 4 is 35.1 Å². The van der Waals surface area contributed by atoms with Crippen molar-refractivity contribution in [2.45, 2.75) is 6.92 Å². The summed E-state index contributed by atoms with van der Waals surface area (Å²) in [5.41, 5.74) is 0.925. The first-order chi connectivity index (χ1) is 12.0. The van der Waals surface area contributed by atoms with Gasteiger partial charge in [-0.25, -0.2) is 4.79 Å². The molecule has 2 N–H and O–H groups in total. The number of rotatable bonds is 6. The van der Waals surface area contributed by atoms with Crippen LogP contribution >= 0.6 is 11.6 Å². The second kappa shape index (κ2) is 8.84. The van der Waals surface area contributed by atoms with E-state index in [1.807, 2.05) is 0 Å². The number of halogens is 1.